The van der Waals surface area contributed by atoms with Crippen molar-refractivity contribution in [3.8, 4) is 0 Å². The van der Waals surface area contributed by atoms with Crippen LogP contribution in [0.15, 0.2) is 72.9 Å². The van der Waals surface area contributed by atoms with Crippen LogP contribution in [0.3, 0.4) is 0 Å². The van der Waals surface area contributed by atoms with Crippen LogP contribution in [-0.4, -0.2) is 34.9 Å². The lowest BCUT2D eigenvalue weighted by Crippen LogP contribution is -2.45. The number of carbonyl (C=O) groups excluding carboxylic acids is 1. The molecule has 4 nitrogen and oxygen atoms in total. The summed E-state index contributed by atoms with van der Waals surface area (Å²) in [6.07, 6.45) is 86.2. The van der Waals surface area contributed by atoms with E-state index in [4.69, 9.17) is 0 Å². The van der Waals surface area contributed by atoms with E-state index in [1.807, 2.05) is 0 Å². The molecule has 0 spiro atoms. The first-order valence-electron chi connectivity index (χ1n) is 30.6. The van der Waals surface area contributed by atoms with Crippen LogP contribution in [0.25, 0.3) is 0 Å². The number of aliphatic hydroxyl groups is 2. The van der Waals surface area contributed by atoms with Crippen LogP contribution in [0.2, 0.25) is 0 Å². The molecule has 0 aromatic heterocycles. The van der Waals surface area contributed by atoms with Gasteiger partial charge >= 0.3 is 0 Å². The molecule has 0 fully saturated rings. The minimum atomic E-state index is -0.667. The third kappa shape index (κ3) is 56.6. The molecule has 0 saturated carbocycles. The molecule has 2 atom stereocenters. The first-order valence-corrected chi connectivity index (χ1v) is 30.6. The molecular formula is C65H119NO3. The van der Waals surface area contributed by atoms with E-state index in [2.05, 4.69) is 92.1 Å². The van der Waals surface area contributed by atoms with Gasteiger partial charge < -0.3 is 15.5 Å². The second kappa shape index (κ2) is 60.1. The first kappa shape index (κ1) is 66.8. The number of allylic oxidation sites excluding steroid dienone is 12. The molecule has 1 amide bonds. The van der Waals surface area contributed by atoms with Gasteiger partial charge in [-0.15, -0.1) is 0 Å². The Labute approximate surface area is 431 Å². The summed E-state index contributed by atoms with van der Waals surface area (Å²) in [5.41, 5.74) is 0. The van der Waals surface area contributed by atoms with Crippen molar-refractivity contribution in [2.45, 2.75) is 328 Å². The van der Waals surface area contributed by atoms with Gasteiger partial charge in [-0.3, -0.25) is 4.79 Å². The van der Waals surface area contributed by atoms with Crippen molar-refractivity contribution in [3.63, 3.8) is 0 Å². The number of aliphatic hydroxyl groups excluding tert-OH is 2. The third-order valence-corrected chi connectivity index (χ3v) is 14.0. The zero-order chi connectivity index (χ0) is 49.9. The minimum absolute atomic E-state index is 0.0347. The Morgan fingerprint density at radius 2 is 0.638 bits per heavy atom. The summed E-state index contributed by atoms with van der Waals surface area (Å²) in [7, 11) is 0. The lowest BCUT2D eigenvalue weighted by Gasteiger charge is -2.22. The molecule has 0 bridgehead atoms. The molecule has 4 heteroatoms. The maximum atomic E-state index is 12.5. The summed E-state index contributed by atoms with van der Waals surface area (Å²) in [6.45, 7) is 4.27. The van der Waals surface area contributed by atoms with E-state index in [1.54, 1.807) is 0 Å². The van der Waals surface area contributed by atoms with Crippen LogP contribution >= 0.6 is 0 Å². The zero-order valence-corrected chi connectivity index (χ0v) is 46.3. The smallest absolute Gasteiger partial charge is 0.220 e. The third-order valence-electron chi connectivity index (χ3n) is 14.0. The lowest BCUT2D eigenvalue weighted by molar-refractivity contribution is -0.123. The fraction of sp³-hybridized carbons (Fsp3) is 0.800. The lowest BCUT2D eigenvalue weighted by atomic mass is 10.0. The average Bonchev–Trinajstić information content (AvgIpc) is 3.35. The Bertz CT molecular complexity index is 1180. The molecule has 0 rings (SSSR count). The zero-order valence-electron chi connectivity index (χ0n) is 46.3. The van der Waals surface area contributed by atoms with Gasteiger partial charge in [-0.25, -0.2) is 0 Å². The number of carbonyl (C=O) groups is 1. The highest BCUT2D eigenvalue weighted by atomic mass is 16.3. The fourth-order valence-electron chi connectivity index (χ4n) is 9.37. The van der Waals surface area contributed by atoms with Crippen LogP contribution < -0.4 is 5.32 Å². The Balaban J connectivity index is 3.48. The number of nitrogens with one attached hydrogen (secondary N) is 1. The van der Waals surface area contributed by atoms with Crippen LogP contribution in [0.4, 0.5) is 0 Å². The van der Waals surface area contributed by atoms with Crippen LogP contribution in [-0.2, 0) is 4.79 Å². The van der Waals surface area contributed by atoms with Gasteiger partial charge in [0.15, 0.2) is 0 Å². The van der Waals surface area contributed by atoms with Gasteiger partial charge in [-0.05, 0) is 64.2 Å². The standard InChI is InChI=1S/C65H119NO3/c1-3-5-7-9-11-13-15-17-19-21-23-25-27-29-31-33-35-37-39-41-43-45-47-49-51-53-55-57-59-61-65(69)66-63(62-67)64(68)60-58-56-54-52-50-48-46-44-42-40-38-36-34-32-30-28-26-24-22-20-18-16-14-12-10-8-6-4-2/h5,7,11,13,17,19,23,25,29,31,35,37,63-64,67-68H,3-4,6,8-10,12,14-16,18,20-22,24,26-28,30,32-34,36,38-62H2,1-2H3,(H,66,69)/b7-5-,13-11-,19-17-,25-23-,31-29-,37-35-. The summed E-state index contributed by atoms with van der Waals surface area (Å²) < 4.78 is 0. The van der Waals surface area contributed by atoms with Gasteiger partial charge in [-0.1, -0.05) is 318 Å². The summed E-state index contributed by atoms with van der Waals surface area (Å²) in [4.78, 5) is 12.5. The Hall–Kier alpha value is -2.17. The molecular weight excluding hydrogens is 843 g/mol. The molecule has 0 aliphatic carbocycles. The van der Waals surface area contributed by atoms with Crippen molar-refractivity contribution in [3.05, 3.63) is 72.9 Å². The van der Waals surface area contributed by atoms with Crippen molar-refractivity contribution >= 4 is 5.91 Å². The molecule has 0 saturated heterocycles. The maximum Gasteiger partial charge on any atom is 0.220 e. The number of unbranched alkanes of at least 4 members (excludes halogenated alkanes) is 37. The molecule has 402 valence electrons. The SMILES string of the molecule is CC/C=C\C/C=C\C/C=C\C/C=C\C/C=C\C/C=C\CCCCCCCCCCCCC(=O)NC(CO)C(O)CCCCCCCCCCCCCCCCCCCCCCCCCCCCCC. The number of rotatable bonds is 56. The topological polar surface area (TPSA) is 69.6 Å². The van der Waals surface area contributed by atoms with Gasteiger partial charge in [0, 0.05) is 6.42 Å². The van der Waals surface area contributed by atoms with E-state index in [1.165, 1.54) is 225 Å². The highest BCUT2D eigenvalue weighted by molar-refractivity contribution is 5.76. The molecule has 0 aromatic carbocycles. The van der Waals surface area contributed by atoms with E-state index in [9.17, 15) is 15.0 Å². The van der Waals surface area contributed by atoms with Crippen molar-refractivity contribution in [1.29, 1.82) is 0 Å². The van der Waals surface area contributed by atoms with Crippen LogP contribution in [0, 0.1) is 0 Å². The summed E-state index contributed by atoms with van der Waals surface area (Å²) in [5.74, 6) is -0.0347. The molecule has 0 aliphatic rings. The van der Waals surface area contributed by atoms with Gasteiger partial charge in [-0.2, -0.15) is 0 Å². The summed E-state index contributed by atoms with van der Waals surface area (Å²) >= 11 is 0. The monoisotopic (exact) mass is 962 g/mol. The van der Waals surface area contributed by atoms with E-state index in [0.717, 1.165) is 64.2 Å². The molecule has 0 radical (unpaired) electrons. The quantitative estimate of drug-likeness (QED) is 0.0420. The fourth-order valence-corrected chi connectivity index (χ4v) is 9.37. The predicted octanol–water partition coefficient (Wildman–Crippen LogP) is 20.5. The Morgan fingerprint density at radius 3 is 0.957 bits per heavy atom. The highest BCUT2D eigenvalue weighted by Crippen LogP contribution is 2.18. The Kier molecular flexibility index (Phi) is 58.2. The van der Waals surface area contributed by atoms with E-state index >= 15 is 0 Å². The van der Waals surface area contributed by atoms with E-state index in [-0.39, 0.29) is 12.5 Å². The predicted molar refractivity (Wildman–Crippen MR) is 308 cm³/mol. The summed E-state index contributed by atoms with van der Waals surface area (Å²) in [5, 5.41) is 23.4. The second-order valence-electron chi connectivity index (χ2n) is 20.7. The van der Waals surface area contributed by atoms with Gasteiger partial charge in [0.05, 0.1) is 18.8 Å². The normalized spacial score (nSPS) is 13.3. The van der Waals surface area contributed by atoms with Crippen LogP contribution in [0.5, 0.6) is 0 Å². The van der Waals surface area contributed by atoms with E-state index in [0.29, 0.717) is 12.8 Å². The largest absolute Gasteiger partial charge is 0.394 e. The number of hydrogen-bond donors (Lipinski definition) is 3. The molecule has 0 aliphatic heterocycles. The van der Waals surface area contributed by atoms with Gasteiger partial charge in [0.2, 0.25) is 5.91 Å². The van der Waals surface area contributed by atoms with Crippen molar-refractivity contribution < 1.29 is 15.0 Å². The number of hydrogen-bond acceptors (Lipinski definition) is 3. The molecule has 0 aromatic rings. The van der Waals surface area contributed by atoms with Crippen molar-refractivity contribution in [2.24, 2.45) is 0 Å². The number of amides is 1. The Morgan fingerprint density at radius 1 is 0.362 bits per heavy atom. The average molecular weight is 963 g/mol. The molecule has 69 heavy (non-hydrogen) atoms. The molecule has 3 N–H and O–H groups in total. The minimum Gasteiger partial charge on any atom is -0.394 e. The summed E-state index contributed by atoms with van der Waals surface area (Å²) in [6, 6.07) is -0.544. The van der Waals surface area contributed by atoms with Crippen LogP contribution in [0.1, 0.15) is 316 Å². The molecule has 2 unspecified atom stereocenters. The van der Waals surface area contributed by atoms with Crippen molar-refractivity contribution in [1.82, 2.24) is 5.32 Å². The van der Waals surface area contributed by atoms with Gasteiger partial charge in [0.25, 0.3) is 0 Å². The molecule has 0 heterocycles. The van der Waals surface area contributed by atoms with E-state index < -0.39 is 12.1 Å². The second-order valence-corrected chi connectivity index (χ2v) is 20.7. The first-order chi connectivity index (χ1) is 34.2. The highest BCUT2D eigenvalue weighted by Gasteiger charge is 2.20. The maximum absolute atomic E-state index is 12.5. The van der Waals surface area contributed by atoms with Gasteiger partial charge in [0.1, 0.15) is 0 Å². The van der Waals surface area contributed by atoms with Crippen molar-refractivity contribution in [2.75, 3.05) is 6.61 Å².